The van der Waals surface area contributed by atoms with Gasteiger partial charge in [0, 0.05) is 19.1 Å². The Balaban J connectivity index is 1.90. The van der Waals surface area contributed by atoms with E-state index in [4.69, 9.17) is 0 Å². The molecule has 0 spiro atoms. The molecule has 1 saturated heterocycles. The number of nitrogens with one attached hydrogen (secondary N) is 1. The fourth-order valence-corrected chi connectivity index (χ4v) is 2.81. The quantitative estimate of drug-likeness (QED) is 0.808. The Labute approximate surface area is 117 Å². The van der Waals surface area contributed by atoms with Crippen molar-refractivity contribution in [3.8, 4) is 0 Å². The van der Waals surface area contributed by atoms with Crippen molar-refractivity contribution in [1.29, 1.82) is 0 Å². The summed E-state index contributed by atoms with van der Waals surface area (Å²) < 4.78 is 0. The molecule has 1 aromatic rings. The van der Waals surface area contributed by atoms with Crippen LogP contribution in [0.4, 0.5) is 0 Å². The average molecular weight is 258 g/mol. The number of hydrogen-bond donors (Lipinski definition) is 1. The molecule has 1 aliphatic heterocycles. The van der Waals surface area contributed by atoms with Crippen LogP contribution in [0.15, 0.2) is 36.9 Å². The molecule has 2 nitrogen and oxygen atoms in total. The van der Waals surface area contributed by atoms with E-state index in [1.807, 2.05) is 0 Å². The molecule has 104 valence electrons. The third-order valence-corrected chi connectivity index (χ3v) is 3.78. The van der Waals surface area contributed by atoms with Gasteiger partial charge in [-0.2, -0.15) is 0 Å². The van der Waals surface area contributed by atoms with E-state index >= 15 is 0 Å². The van der Waals surface area contributed by atoms with Crippen LogP contribution in [0.2, 0.25) is 0 Å². The summed E-state index contributed by atoms with van der Waals surface area (Å²) in [5.74, 6) is 0. The average Bonchev–Trinajstić information content (AvgIpc) is 2.93. The Morgan fingerprint density at radius 1 is 1.37 bits per heavy atom. The van der Waals surface area contributed by atoms with Gasteiger partial charge in [0.15, 0.2) is 0 Å². The molecule has 0 radical (unpaired) electrons. The van der Waals surface area contributed by atoms with Gasteiger partial charge in [0.25, 0.3) is 0 Å². The summed E-state index contributed by atoms with van der Waals surface area (Å²) in [7, 11) is 0. The van der Waals surface area contributed by atoms with Crippen LogP contribution in [0.5, 0.6) is 0 Å². The van der Waals surface area contributed by atoms with Crippen LogP contribution in [0.1, 0.15) is 31.7 Å². The molecule has 1 N–H and O–H groups in total. The Morgan fingerprint density at radius 2 is 2.16 bits per heavy atom. The van der Waals surface area contributed by atoms with Gasteiger partial charge < -0.3 is 5.32 Å². The lowest BCUT2D eigenvalue weighted by Crippen LogP contribution is -2.38. The zero-order chi connectivity index (χ0) is 13.5. The van der Waals surface area contributed by atoms with Crippen molar-refractivity contribution >= 4 is 5.57 Å². The lowest BCUT2D eigenvalue weighted by atomic mass is 10.1. The van der Waals surface area contributed by atoms with Crippen LogP contribution < -0.4 is 5.32 Å². The van der Waals surface area contributed by atoms with Crippen LogP contribution >= 0.6 is 0 Å². The highest BCUT2D eigenvalue weighted by atomic mass is 15.1. The Bertz CT molecular complexity index is 380. The maximum atomic E-state index is 4.26. The standard InChI is InChI=1S/C17H26N2/c1-3-12-19(14-17-10-7-11-18-17)13-15(2)16-8-5-4-6-9-16/h4-6,8-9,17-18H,2-3,7,10-14H2,1H3. The lowest BCUT2D eigenvalue weighted by Gasteiger charge is -2.26. The molecule has 1 aliphatic rings. The van der Waals surface area contributed by atoms with Gasteiger partial charge in [-0.3, -0.25) is 4.90 Å². The smallest absolute Gasteiger partial charge is 0.0234 e. The molecule has 0 saturated carbocycles. The summed E-state index contributed by atoms with van der Waals surface area (Å²) in [4.78, 5) is 2.54. The molecule has 0 amide bonds. The van der Waals surface area contributed by atoms with E-state index in [2.05, 4.69) is 54.1 Å². The summed E-state index contributed by atoms with van der Waals surface area (Å²) >= 11 is 0. The maximum absolute atomic E-state index is 4.26. The van der Waals surface area contributed by atoms with E-state index in [-0.39, 0.29) is 0 Å². The largest absolute Gasteiger partial charge is 0.313 e. The van der Waals surface area contributed by atoms with Crippen LogP contribution in [0, 0.1) is 0 Å². The zero-order valence-electron chi connectivity index (χ0n) is 12.1. The summed E-state index contributed by atoms with van der Waals surface area (Å²) in [6.07, 6.45) is 3.84. The summed E-state index contributed by atoms with van der Waals surface area (Å²) in [6.45, 7) is 11.0. The highest BCUT2D eigenvalue weighted by molar-refractivity contribution is 5.64. The molecular formula is C17H26N2. The van der Waals surface area contributed by atoms with E-state index in [0.717, 1.165) is 19.6 Å². The third kappa shape index (κ3) is 4.48. The predicted octanol–water partition coefficient (Wildman–Crippen LogP) is 3.16. The van der Waals surface area contributed by atoms with Crippen LogP contribution in [-0.4, -0.2) is 37.1 Å². The molecule has 0 aliphatic carbocycles. The Kier molecular flexibility index (Phi) is 5.62. The first-order chi connectivity index (χ1) is 9.29. The molecule has 0 aromatic heterocycles. The predicted molar refractivity (Wildman–Crippen MR) is 83.2 cm³/mol. The van der Waals surface area contributed by atoms with Gasteiger partial charge >= 0.3 is 0 Å². The molecule has 1 unspecified atom stereocenters. The van der Waals surface area contributed by atoms with Gasteiger partial charge in [0.1, 0.15) is 0 Å². The van der Waals surface area contributed by atoms with Crippen molar-refractivity contribution in [3.05, 3.63) is 42.5 Å². The van der Waals surface area contributed by atoms with Crippen molar-refractivity contribution < 1.29 is 0 Å². The van der Waals surface area contributed by atoms with Crippen LogP contribution in [-0.2, 0) is 0 Å². The van der Waals surface area contributed by atoms with Gasteiger partial charge in [0.2, 0.25) is 0 Å². The van der Waals surface area contributed by atoms with E-state index in [9.17, 15) is 0 Å². The van der Waals surface area contributed by atoms with E-state index < -0.39 is 0 Å². The third-order valence-electron chi connectivity index (χ3n) is 3.78. The number of nitrogens with zero attached hydrogens (tertiary/aromatic N) is 1. The summed E-state index contributed by atoms with van der Waals surface area (Å²) in [5.41, 5.74) is 2.50. The number of rotatable bonds is 7. The van der Waals surface area contributed by atoms with Crippen molar-refractivity contribution in [2.45, 2.75) is 32.2 Å². The second-order valence-electron chi connectivity index (χ2n) is 5.50. The molecule has 2 rings (SSSR count). The fourth-order valence-electron chi connectivity index (χ4n) is 2.81. The first kappa shape index (κ1) is 14.3. The van der Waals surface area contributed by atoms with Crippen LogP contribution in [0.3, 0.4) is 0 Å². The highest BCUT2D eigenvalue weighted by Crippen LogP contribution is 2.15. The van der Waals surface area contributed by atoms with Crippen LogP contribution in [0.25, 0.3) is 5.57 Å². The molecule has 1 fully saturated rings. The highest BCUT2D eigenvalue weighted by Gasteiger charge is 2.17. The monoisotopic (exact) mass is 258 g/mol. The number of benzene rings is 1. The van der Waals surface area contributed by atoms with Gasteiger partial charge in [-0.05, 0) is 43.5 Å². The molecule has 1 heterocycles. The van der Waals surface area contributed by atoms with Crippen molar-refractivity contribution in [1.82, 2.24) is 10.2 Å². The lowest BCUT2D eigenvalue weighted by molar-refractivity contribution is 0.278. The topological polar surface area (TPSA) is 15.3 Å². The molecule has 0 bridgehead atoms. The second-order valence-corrected chi connectivity index (χ2v) is 5.50. The first-order valence-electron chi connectivity index (χ1n) is 7.48. The second kappa shape index (κ2) is 7.46. The minimum atomic E-state index is 0.676. The summed E-state index contributed by atoms with van der Waals surface area (Å²) in [6, 6.07) is 11.2. The SMILES string of the molecule is C=C(CN(CCC)CC1CCCN1)c1ccccc1. The van der Waals surface area contributed by atoms with E-state index in [1.54, 1.807) is 0 Å². The van der Waals surface area contributed by atoms with Gasteiger partial charge in [-0.25, -0.2) is 0 Å². The molecule has 1 atom stereocenters. The van der Waals surface area contributed by atoms with E-state index in [1.165, 1.54) is 36.9 Å². The molecule has 2 heteroatoms. The maximum Gasteiger partial charge on any atom is 0.0234 e. The minimum Gasteiger partial charge on any atom is -0.313 e. The zero-order valence-corrected chi connectivity index (χ0v) is 12.1. The van der Waals surface area contributed by atoms with Gasteiger partial charge in [-0.15, -0.1) is 0 Å². The summed E-state index contributed by atoms with van der Waals surface area (Å²) in [5, 5.41) is 3.59. The van der Waals surface area contributed by atoms with Crippen molar-refractivity contribution in [2.75, 3.05) is 26.2 Å². The molecule has 19 heavy (non-hydrogen) atoms. The molecular weight excluding hydrogens is 232 g/mol. The molecule has 1 aromatic carbocycles. The Morgan fingerprint density at radius 3 is 2.79 bits per heavy atom. The minimum absolute atomic E-state index is 0.676. The first-order valence-corrected chi connectivity index (χ1v) is 7.48. The van der Waals surface area contributed by atoms with Crippen molar-refractivity contribution in [3.63, 3.8) is 0 Å². The van der Waals surface area contributed by atoms with E-state index in [0.29, 0.717) is 6.04 Å². The van der Waals surface area contributed by atoms with Gasteiger partial charge in [0.05, 0.1) is 0 Å². The van der Waals surface area contributed by atoms with Crippen molar-refractivity contribution in [2.24, 2.45) is 0 Å². The number of hydrogen-bond acceptors (Lipinski definition) is 2. The Hall–Kier alpha value is -1.12. The fraction of sp³-hybridized carbons (Fsp3) is 0.529. The normalized spacial score (nSPS) is 18.9. The van der Waals surface area contributed by atoms with Gasteiger partial charge in [-0.1, -0.05) is 43.8 Å².